The predicted molar refractivity (Wildman–Crippen MR) is 218 cm³/mol. The molecule has 0 spiro atoms. The Hall–Kier alpha value is -1.06. The van der Waals surface area contributed by atoms with Gasteiger partial charge in [-0.05, 0) is 38.5 Å². The van der Waals surface area contributed by atoms with Gasteiger partial charge in [0.15, 0.2) is 0 Å². The Bertz CT molecular complexity index is 677. The van der Waals surface area contributed by atoms with Gasteiger partial charge in [-0.2, -0.15) is 0 Å². The number of carboxylic acids is 1. The third-order valence-electron chi connectivity index (χ3n) is 10.8. The second-order valence-corrected chi connectivity index (χ2v) is 16.0. The summed E-state index contributed by atoms with van der Waals surface area (Å²) >= 11 is 0. The van der Waals surface area contributed by atoms with Crippen LogP contribution < -0.4 is 0 Å². The monoisotopic (exact) mass is 707 g/mol. The SMILES string of the molecule is CCCCCCCCCCCCCCCCCCCCCC(=O)OC(CCCCCCC)CCCCCCCCCCCCCCCC(=O)O. The summed E-state index contributed by atoms with van der Waals surface area (Å²) in [6, 6.07) is 0. The van der Waals surface area contributed by atoms with E-state index in [1.807, 2.05) is 0 Å². The van der Waals surface area contributed by atoms with E-state index in [1.165, 1.54) is 218 Å². The Kier molecular flexibility index (Phi) is 41.5. The summed E-state index contributed by atoms with van der Waals surface area (Å²) in [4.78, 5) is 23.3. The lowest BCUT2D eigenvalue weighted by molar-refractivity contribution is -0.150. The number of carbonyl (C=O) groups excluding carboxylic acids is 1. The first-order chi connectivity index (χ1) is 24.6. The van der Waals surface area contributed by atoms with E-state index in [4.69, 9.17) is 9.84 Å². The highest BCUT2D eigenvalue weighted by molar-refractivity contribution is 5.69. The van der Waals surface area contributed by atoms with E-state index in [0.717, 1.165) is 32.1 Å². The van der Waals surface area contributed by atoms with Gasteiger partial charge in [0.05, 0.1) is 0 Å². The Morgan fingerprint density at radius 2 is 0.600 bits per heavy atom. The molecule has 0 aromatic rings. The molecule has 0 aliphatic rings. The van der Waals surface area contributed by atoms with Crippen molar-refractivity contribution in [2.75, 3.05) is 0 Å². The van der Waals surface area contributed by atoms with E-state index in [-0.39, 0.29) is 12.1 Å². The molecule has 0 aliphatic carbocycles. The van der Waals surface area contributed by atoms with Crippen LogP contribution in [0.5, 0.6) is 0 Å². The number of aliphatic carboxylic acids is 1. The fourth-order valence-corrected chi connectivity index (χ4v) is 7.42. The van der Waals surface area contributed by atoms with Crippen molar-refractivity contribution in [2.24, 2.45) is 0 Å². The Balaban J connectivity index is 3.75. The van der Waals surface area contributed by atoms with E-state index in [2.05, 4.69) is 13.8 Å². The van der Waals surface area contributed by atoms with Gasteiger partial charge in [-0.3, -0.25) is 9.59 Å². The summed E-state index contributed by atoms with van der Waals surface area (Å²) in [6.07, 6.45) is 51.7. The van der Waals surface area contributed by atoms with Gasteiger partial charge in [-0.1, -0.05) is 226 Å². The zero-order chi connectivity index (χ0) is 36.4. The molecule has 50 heavy (non-hydrogen) atoms. The van der Waals surface area contributed by atoms with Crippen LogP contribution in [0.4, 0.5) is 0 Å². The molecular weight excluding hydrogens is 617 g/mol. The molecule has 0 rings (SSSR count). The highest BCUT2D eigenvalue weighted by atomic mass is 16.5. The number of esters is 1. The molecule has 0 fully saturated rings. The zero-order valence-electron chi connectivity index (χ0n) is 34.2. The number of carboxylic acid groups (broad SMARTS) is 1. The molecule has 0 aromatic heterocycles. The molecule has 4 nitrogen and oxygen atoms in total. The fourth-order valence-electron chi connectivity index (χ4n) is 7.42. The fraction of sp³-hybridized carbons (Fsp3) is 0.957. The van der Waals surface area contributed by atoms with Gasteiger partial charge < -0.3 is 9.84 Å². The summed E-state index contributed by atoms with van der Waals surface area (Å²) in [5.41, 5.74) is 0. The van der Waals surface area contributed by atoms with E-state index in [1.54, 1.807) is 0 Å². The minimum atomic E-state index is -0.664. The maximum atomic E-state index is 12.7. The van der Waals surface area contributed by atoms with Crippen molar-refractivity contribution >= 4 is 11.9 Å². The second-order valence-electron chi connectivity index (χ2n) is 16.0. The number of carbonyl (C=O) groups is 2. The normalized spacial score (nSPS) is 12.0. The van der Waals surface area contributed by atoms with Crippen LogP contribution in [-0.2, 0) is 14.3 Å². The zero-order valence-corrected chi connectivity index (χ0v) is 34.2. The topological polar surface area (TPSA) is 63.6 Å². The summed E-state index contributed by atoms with van der Waals surface area (Å²) in [7, 11) is 0. The van der Waals surface area contributed by atoms with Gasteiger partial charge in [0.25, 0.3) is 0 Å². The lowest BCUT2D eigenvalue weighted by atomic mass is 10.0. The van der Waals surface area contributed by atoms with Crippen molar-refractivity contribution in [3.8, 4) is 0 Å². The van der Waals surface area contributed by atoms with Gasteiger partial charge in [0.1, 0.15) is 6.10 Å². The standard InChI is InChI=1S/C46H90O4/c1-3-5-7-9-10-11-12-13-14-15-16-17-18-22-25-28-31-35-39-43-46(49)50-44(40-36-32-8-6-4-2)41-37-33-29-26-23-20-19-21-24-27-30-34-38-42-45(47)48/h44H,3-43H2,1-2H3,(H,47,48). The molecule has 0 aromatic carbocycles. The minimum absolute atomic E-state index is 0.0517. The second kappa shape index (κ2) is 42.4. The molecule has 298 valence electrons. The van der Waals surface area contributed by atoms with E-state index < -0.39 is 5.97 Å². The Morgan fingerprint density at radius 1 is 0.360 bits per heavy atom. The molecule has 0 aliphatic heterocycles. The molecule has 1 unspecified atom stereocenters. The van der Waals surface area contributed by atoms with Crippen molar-refractivity contribution < 1.29 is 19.4 Å². The number of ether oxygens (including phenoxy) is 1. The Morgan fingerprint density at radius 3 is 0.880 bits per heavy atom. The van der Waals surface area contributed by atoms with E-state index >= 15 is 0 Å². The largest absolute Gasteiger partial charge is 0.481 e. The average molecular weight is 707 g/mol. The summed E-state index contributed by atoms with van der Waals surface area (Å²) in [6.45, 7) is 4.56. The van der Waals surface area contributed by atoms with Crippen molar-refractivity contribution in [3.05, 3.63) is 0 Å². The predicted octanol–water partition coefficient (Wildman–Crippen LogP) is 16.0. The maximum absolute atomic E-state index is 12.7. The van der Waals surface area contributed by atoms with Crippen LogP contribution in [0.15, 0.2) is 0 Å². The van der Waals surface area contributed by atoms with Crippen LogP contribution in [0.1, 0.15) is 277 Å². The number of hydrogen-bond donors (Lipinski definition) is 1. The maximum Gasteiger partial charge on any atom is 0.306 e. The molecule has 0 bridgehead atoms. The third kappa shape index (κ3) is 41.4. The van der Waals surface area contributed by atoms with Gasteiger partial charge in [-0.25, -0.2) is 0 Å². The van der Waals surface area contributed by atoms with Crippen LogP contribution >= 0.6 is 0 Å². The molecule has 0 heterocycles. The third-order valence-corrected chi connectivity index (χ3v) is 10.8. The summed E-state index contributed by atoms with van der Waals surface area (Å²) in [5.74, 6) is -0.613. The first kappa shape index (κ1) is 48.9. The highest BCUT2D eigenvalue weighted by Gasteiger charge is 2.14. The first-order valence-corrected chi connectivity index (χ1v) is 23.0. The smallest absolute Gasteiger partial charge is 0.306 e. The minimum Gasteiger partial charge on any atom is -0.481 e. The number of unbranched alkanes of at least 4 members (excludes halogenated alkanes) is 34. The lowest BCUT2D eigenvalue weighted by Crippen LogP contribution is -2.18. The van der Waals surface area contributed by atoms with Gasteiger partial charge in [0.2, 0.25) is 0 Å². The molecule has 0 amide bonds. The van der Waals surface area contributed by atoms with Gasteiger partial charge in [0, 0.05) is 12.8 Å². The molecule has 0 saturated carbocycles. The molecular formula is C46H90O4. The van der Waals surface area contributed by atoms with Crippen molar-refractivity contribution in [2.45, 2.75) is 283 Å². The highest BCUT2D eigenvalue weighted by Crippen LogP contribution is 2.20. The quantitative estimate of drug-likeness (QED) is 0.0506. The van der Waals surface area contributed by atoms with Crippen molar-refractivity contribution in [1.29, 1.82) is 0 Å². The van der Waals surface area contributed by atoms with Crippen molar-refractivity contribution in [3.63, 3.8) is 0 Å². The van der Waals surface area contributed by atoms with Gasteiger partial charge in [-0.15, -0.1) is 0 Å². The first-order valence-electron chi connectivity index (χ1n) is 23.0. The van der Waals surface area contributed by atoms with Crippen LogP contribution in [0.25, 0.3) is 0 Å². The van der Waals surface area contributed by atoms with Gasteiger partial charge >= 0.3 is 11.9 Å². The van der Waals surface area contributed by atoms with Crippen LogP contribution in [0.3, 0.4) is 0 Å². The number of rotatable bonds is 43. The molecule has 1 N–H and O–H groups in total. The summed E-state index contributed by atoms with van der Waals surface area (Å²) < 4.78 is 6.05. The molecule has 0 saturated heterocycles. The van der Waals surface area contributed by atoms with Crippen molar-refractivity contribution in [1.82, 2.24) is 0 Å². The average Bonchev–Trinajstić information content (AvgIpc) is 3.10. The molecule has 1 atom stereocenters. The summed E-state index contributed by atoms with van der Waals surface area (Å²) in [5, 5.41) is 8.70. The van der Waals surface area contributed by atoms with E-state index in [0.29, 0.717) is 12.8 Å². The lowest BCUT2D eigenvalue weighted by Gasteiger charge is -2.18. The van der Waals surface area contributed by atoms with Crippen LogP contribution in [0, 0.1) is 0 Å². The molecule has 0 radical (unpaired) electrons. The molecule has 4 heteroatoms. The van der Waals surface area contributed by atoms with Crippen LogP contribution in [-0.4, -0.2) is 23.1 Å². The number of hydrogen-bond acceptors (Lipinski definition) is 3. The Labute approximate surface area is 313 Å². The van der Waals surface area contributed by atoms with E-state index in [9.17, 15) is 9.59 Å². The van der Waals surface area contributed by atoms with Crippen LogP contribution in [0.2, 0.25) is 0 Å².